The number of nitrogens with one attached hydrogen (secondary N) is 1. The van der Waals surface area contributed by atoms with Crippen molar-refractivity contribution in [2.24, 2.45) is 0 Å². The van der Waals surface area contributed by atoms with E-state index in [1.165, 1.54) is 31.4 Å². The Morgan fingerprint density at radius 3 is 2.40 bits per heavy atom. The van der Waals surface area contributed by atoms with Gasteiger partial charge < -0.3 is 10.1 Å². The van der Waals surface area contributed by atoms with Gasteiger partial charge in [0.25, 0.3) is 11.6 Å². The summed E-state index contributed by atoms with van der Waals surface area (Å²) in [5, 5.41) is 13.7. The fourth-order valence-electron chi connectivity index (χ4n) is 2.77. The highest BCUT2D eigenvalue weighted by Gasteiger charge is 2.21. The molecule has 0 fully saturated rings. The first-order valence-corrected chi connectivity index (χ1v) is 8.99. The summed E-state index contributed by atoms with van der Waals surface area (Å²) in [5.41, 5.74) is 0.859. The molecule has 150 valence electrons. The summed E-state index contributed by atoms with van der Waals surface area (Å²) in [6, 6.07) is 20.8. The highest BCUT2D eigenvalue weighted by atomic mass is 16.6. The van der Waals surface area contributed by atoms with Crippen molar-refractivity contribution in [3.63, 3.8) is 0 Å². The van der Waals surface area contributed by atoms with Crippen molar-refractivity contribution < 1.29 is 19.2 Å². The number of methoxy groups -OCH3 is 1. The Kier molecular flexibility index (Phi) is 6.34. The van der Waals surface area contributed by atoms with Crippen LogP contribution in [-0.2, 0) is 4.79 Å². The minimum Gasteiger partial charge on any atom is -0.497 e. The quantitative estimate of drug-likeness (QED) is 0.157. The molecule has 3 aromatic rings. The van der Waals surface area contributed by atoms with Gasteiger partial charge in [0.2, 0.25) is 0 Å². The van der Waals surface area contributed by atoms with Crippen LogP contribution in [0.4, 0.5) is 11.4 Å². The van der Waals surface area contributed by atoms with Gasteiger partial charge >= 0.3 is 0 Å². The van der Waals surface area contributed by atoms with Gasteiger partial charge in [0, 0.05) is 29.4 Å². The summed E-state index contributed by atoms with van der Waals surface area (Å²) in [6.07, 6.45) is 1.35. The van der Waals surface area contributed by atoms with E-state index in [1.54, 1.807) is 60.7 Å². The third-order valence-electron chi connectivity index (χ3n) is 4.24. The zero-order valence-electron chi connectivity index (χ0n) is 16.1. The van der Waals surface area contributed by atoms with Gasteiger partial charge in [-0.3, -0.25) is 19.7 Å². The number of nitro benzene ring substituents is 1. The van der Waals surface area contributed by atoms with E-state index in [2.05, 4.69) is 5.32 Å². The van der Waals surface area contributed by atoms with E-state index in [0.29, 0.717) is 22.6 Å². The van der Waals surface area contributed by atoms with Crippen LogP contribution >= 0.6 is 0 Å². The lowest BCUT2D eigenvalue weighted by molar-refractivity contribution is -0.384. The number of non-ortho nitro benzene ring substituents is 1. The van der Waals surface area contributed by atoms with Crippen LogP contribution in [0.3, 0.4) is 0 Å². The first-order valence-electron chi connectivity index (χ1n) is 8.99. The minimum atomic E-state index is -0.636. The molecule has 7 heteroatoms. The maximum Gasteiger partial charge on any atom is 0.270 e. The Bertz CT molecular complexity index is 1120. The number of nitro groups is 1. The third kappa shape index (κ3) is 4.96. The predicted molar refractivity (Wildman–Crippen MR) is 113 cm³/mol. The largest absolute Gasteiger partial charge is 0.497 e. The number of carbonyl (C=O) groups is 2. The SMILES string of the molecule is COc1cccc(NC(=O)/C(=C/c2cccc([N+](=O)[O-])c2)C(=O)c2ccccc2)c1. The highest BCUT2D eigenvalue weighted by Crippen LogP contribution is 2.21. The molecule has 0 aromatic heterocycles. The molecule has 3 rings (SSSR count). The van der Waals surface area contributed by atoms with Crippen molar-refractivity contribution in [2.75, 3.05) is 12.4 Å². The lowest BCUT2D eigenvalue weighted by Gasteiger charge is -2.10. The zero-order valence-corrected chi connectivity index (χ0v) is 16.1. The minimum absolute atomic E-state index is 0.136. The van der Waals surface area contributed by atoms with Gasteiger partial charge in [-0.15, -0.1) is 0 Å². The number of amides is 1. The fraction of sp³-hybridized carbons (Fsp3) is 0.0435. The molecule has 3 aromatic carbocycles. The van der Waals surface area contributed by atoms with Gasteiger partial charge in [-0.05, 0) is 23.8 Å². The highest BCUT2D eigenvalue weighted by molar-refractivity contribution is 6.31. The molecule has 0 aliphatic rings. The summed E-state index contributed by atoms with van der Waals surface area (Å²) in [4.78, 5) is 36.5. The van der Waals surface area contributed by atoms with Crippen molar-refractivity contribution in [1.82, 2.24) is 0 Å². The number of anilines is 1. The van der Waals surface area contributed by atoms with Crippen LogP contribution in [0.5, 0.6) is 5.75 Å². The Labute approximate surface area is 172 Å². The number of carbonyl (C=O) groups excluding carboxylic acids is 2. The lowest BCUT2D eigenvalue weighted by Crippen LogP contribution is -2.20. The standard InChI is InChI=1S/C23H18N2O5/c1-30-20-12-6-10-18(15-20)24-23(27)21(22(26)17-8-3-2-4-9-17)14-16-7-5-11-19(13-16)25(28)29/h2-15H,1H3,(H,24,27)/b21-14+. The molecule has 0 aliphatic heterocycles. The predicted octanol–water partition coefficient (Wildman–Crippen LogP) is 4.51. The van der Waals surface area contributed by atoms with Crippen molar-refractivity contribution >= 4 is 29.1 Å². The number of ketones is 1. The second-order valence-electron chi connectivity index (χ2n) is 6.29. The van der Waals surface area contributed by atoms with Gasteiger partial charge in [0.15, 0.2) is 5.78 Å². The molecule has 1 amide bonds. The maximum absolute atomic E-state index is 13.0. The van der Waals surface area contributed by atoms with Crippen LogP contribution < -0.4 is 10.1 Å². The second kappa shape index (κ2) is 9.29. The van der Waals surface area contributed by atoms with Crippen molar-refractivity contribution in [3.05, 3.63) is 106 Å². The van der Waals surface area contributed by atoms with E-state index in [4.69, 9.17) is 4.74 Å². The second-order valence-corrected chi connectivity index (χ2v) is 6.29. The van der Waals surface area contributed by atoms with E-state index < -0.39 is 16.6 Å². The van der Waals surface area contributed by atoms with Crippen LogP contribution in [0.25, 0.3) is 6.08 Å². The average molecular weight is 402 g/mol. The van der Waals surface area contributed by atoms with E-state index >= 15 is 0 Å². The fourth-order valence-corrected chi connectivity index (χ4v) is 2.77. The number of benzene rings is 3. The lowest BCUT2D eigenvalue weighted by atomic mass is 10.00. The molecule has 0 saturated heterocycles. The smallest absolute Gasteiger partial charge is 0.270 e. The van der Waals surface area contributed by atoms with E-state index in [-0.39, 0.29) is 11.3 Å². The number of ether oxygens (including phenoxy) is 1. The third-order valence-corrected chi connectivity index (χ3v) is 4.24. The Hall–Kier alpha value is -4.26. The molecular formula is C23H18N2O5. The van der Waals surface area contributed by atoms with Gasteiger partial charge in [-0.1, -0.05) is 48.5 Å². The zero-order chi connectivity index (χ0) is 21.5. The summed E-state index contributed by atoms with van der Waals surface area (Å²) in [7, 11) is 1.51. The van der Waals surface area contributed by atoms with Crippen molar-refractivity contribution in [1.29, 1.82) is 0 Å². The number of nitrogens with zero attached hydrogens (tertiary/aromatic N) is 1. The maximum atomic E-state index is 13.0. The average Bonchev–Trinajstić information content (AvgIpc) is 2.77. The summed E-state index contributed by atoms with van der Waals surface area (Å²) >= 11 is 0. The monoisotopic (exact) mass is 402 g/mol. The van der Waals surface area contributed by atoms with E-state index in [0.717, 1.165) is 0 Å². The van der Waals surface area contributed by atoms with E-state index in [9.17, 15) is 19.7 Å². The van der Waals surface area contributed by atoms with Gasteiger partial charge in [-0.25, -0.2) is 0 Å². The number of hydrogen-bond acceptors (Lipinski definition) is 5. The first kappa shape index (κ1) is 20.5. The molecule has 0 saturated carbocycles. The molecule has 0 radical (unpaired) electrons. The summed E-state index contributed by atoms with van der Waals surface area (Å²) in [6.45, 7) is 0. The number of Topliss-reactive ketones (excluding diaryl/α,β-unsaturated/α-hetero) is 1. The van der Waals surface area contributed by atoms with Crippen molar-refractivity contribution in [2.45, 2.75) is 0 Å². The Morgan fingerprint density at radius 2 is 1.70 bits per heavy atom. The normalized spacial score (nSPS) is 10.9. The summed E-state index contributed by atoms with van der Waals surface area (Å²) in [5.74, 6) is -0.586. The topological polar surface area (TPSA) is 98.5 Å². The van der Waals surface area contributed by atoms with Crippen LogP contribution in [-0.4, -0.2) is 23.7 Å². The van der Waals surface area contributed by atoms with Gasteiger partial charge in [0.05, 0.1) is 17.6 Å². The molecule has 0 aliphatic carbocycles. The van der Waals surface area contributed by atoms with E-state index in [1.807, 2.05) is 0 Å². The van der Waals surface area contributed by atoms with Crippen molar-refractivity contribution in [3.8, 4) is 5.75 Å². The molecule has 0 atom stereocenters. The molecule has 0 unspecified atom stereocenters. The molecule has 0 spiro atoms. The van der Waals surface area contributed by atoms with Crippen LogP contribution in [0.15, 0.2) is 84.4 Å². The molecule has 0 heterocycles. The van der Waals surface area contributed by atoms with Crippen LogP contribution in [0, 0.1) is 10.1 Å². The molecule has 30 heavy (non-hydrogen) atoms. The molecular weight excluding hydrogens is 384 g/mol. The first-order chi connectivity index (χ1) is 14.5. The molecule has 1 N–H and O–H groups in total. The summed E-state index contributed by atoms with van der Waals surface area (Å²) < 4.78 is 5.15. The van der Waals surface area contributed by atoms with Crippen LogP contribution in [0.2, 0.25) is 0 Å². The number of rotatable bonds is 7. The van der Waals surface area contributed by atoms with Gasteiger partial charge in [-0.2, -0.15) is 0 Å². The van der Waals surface area contributed by atoms with Gasteiger partial charge in [0.1, 0.15) is 5.75 Å². The van der Waals surface area contributed by atoms with Crippen LogP contribution in [0.1, 0.15) is 15.9 Å². The molecule has 0 bridgehead atoms. The number of hydrogen-bond donors (Lipinski definition) is 1. The Morgan fingerprint density at radius 1 is 0.967 bits per heavy atom. The molecule has 7 nitrogen and oxygen atoms in total. The Balaban J connectivity index is 2.00.